The molecule has 110 valence electrons. The predicted octanol–water partition coefficient (Wildman–Crippen LogP) is 2.62. The van der Waals surface area contributed by atoms with Crippen LogP contribution in [0.1, 0.15) is 45.4 Å². The van der Waals surface area contributed by atoms with Crippen LogP contribution >= 0.6 is 0 Å². The van der Waals surface area contributed by atoms with Crippen LogP contribution < -0.4 is 15.4 Å². The summed E-state index contributed by atoms with van der Waals surface area (Å²) in [5.41, 5.74) is 6.81. The summed E-state index contributed by atoms with van der Waals surface area (Å²) < 4.78 is 5.49. The summed E-state index contributed by atoms with van der Waals surface area (Å²) in [6.45, 7) is 3.57. The molecule has 20 heavy (non-hydrogen) atoms. The number of nitrogens with zero attached hydrogens (tertiary/aromatic N) is 3. The second-order valence-corrected chi connectivity index (χ2v) is 5.80. The van der Waals surface area contributed by atoms with Gasteiger partial charge in [0, 0.05) is 12.6 Å². The minimum absolute atomic E-state index is 0.523. The van der Waals surface area contributed by atoms with Crippen molar-refractivity contribution in [2.75, 3.05) is 23.8 Å². The highest BCUT2D eigenvalue weighted by molar-refractivity contribution is 5.68. The number of hydrogen-bond acceptors (Lipinski definition) is 5. The van der Waals surface area contributed by atoms with Gasteiger partial charge in [0.25, 0.3) is 0 Å². The van der Waals surface area contributed by atoms with Crippen molar-refractivity contribution in [3.8, 4) is 5.88 Å². The lowest BCUT2D eigenvalue weighted by Gasteiger charge is -2.31. The van der Waals surface area contributed by atoms with Gasteiger partial charge in [0.05, 0.1) is 6.61 Å². The Bertz CT molecular complexity index is 459. The van der Waals surface area contributed by atoms with Crippen LogP contribution in [0, 0.1) is 5.92 Å². The van der Waals surface area contributed by atoms with Gasteiger partial charge in [-0.2, -0.15) is 4.98 Å². The molecule has 1 aromatic rings. The van der Waals surface area contributed by atoms with E-state index >= 15 is 0 Å². The Morgan fingerprint density at radius 2 is 2.05 bits per heavy atom. The van der Waals surface area contributed by atoms with Crippen molar-refractivity contribution in [1.29, 1.82) is 0 Å². The first-order valence-corrected chi connectivity index (χ1v) is 7.81. The van der Waals surface area contributed by atoms with E-state index in [-0.39, 0.29) is 0 Å². The zero-order chi connectivity index (χ0) is 13.9. The quantitative estimate of drug-likeness (QED) is 0.915. The highest BCUT2D eigenvalue weighted by atomic mass is 16.5. The molecule has 1 aliphatic heterocycles. The largest absolute Gasteiger partial charge is 0.476 e. The molecule has 1 atom stereocenters. The number of rotatable bonds is 4. The van der Waals surface area contributed by atoms with Gasteiger partial charge >= 0.3 is 0 Å². The lowest BCUT2D eigenvalue weighted by Crippen LogP contribution is -2.35. The van der Waals surface area contributed by atoms with E-state index in [1.807, 2.05) is 6.92 Å². The van der Waals surface area contributed by atoms with Gasteiger partial charge in [-0.15, -0.1) is 0 Å². The fourth-order valence-electron chi connectivity index (χ4n) is 3.74. The van der Waals surface area contributed by atoms with Crippen LogP contribution in [0.15, 0.2) is 6.33 Å². The molecule has 3 rings (SSSR count). The fraction of sp³-hybridized carbons (Fsp3) is 0.733. The van der Waals surface area contributed by atoms with E-state index in [1.165, 1.54) is 38.5 Å². The van der Waals surface area contributed by atoms with E-state index in [2.05, 4.69) is 14.9 Å². The summed E-state index contributed by atoms with van der Waals surface area (Å²) >= 11 is 0. The van der Waals surface area contributed by atoms with Crippen molar-refractivity contribution in [3.63, 3.8) is 0 Å². The Kier molecular flexibility index (Phi) is 3.94. The van der Waals surface area contributed by atoms with Crippen molar-refractivity contribution in [3.05, 3.63) is 6.33 Å². The van der Waals surface area contributed by atoms with Crippen LogP contribution in [0.2, 0.25) is 0 Å². The van der Waals surface area contributed by atoms with Gasteiger partial charge in [0.15, 0.2) is 5.82 Å². The van der Waals surface area contributed by atoms with E-state index in [0.29, 0.717) is 24.2 Å². The zero-order valence-corrected chi connectivity index (χ0v) is 12.2. The van der Waals surface area contributed by atoms with Gasteiger partial charge in [-0.1, -0.05) is 12.8 Å². The van der Waals surface area contributed by atoms with Gasteiger partial charge in [-0.3, -0.25) is 0 Å². The van der Waals surface area contributed by atoms with Gasteiger partial charge in [-0.05, 0) is 38.5 Å². The van der Waals surface area contributed by atoms with E-state index in [1.54, 1.807) is 6.33 Å². The van der Waals surface area contributed by atoms with E-state index < -0.39 is 0 Å². The summed E-state index contributed by atoms with van der Waals surface area (Å²) in [6, 6.07) is 0.601. The number of anilines is 2. The molecule has 0 radical (unpaired) electrons. The average molecular weight is 276 g/mol. The van der Waals surface area contributed by atoms with Crippen LogP contribution in [-0.2, 0) is 0 Å². The fourth-order valence-corrected chi connectivity index (χ4v) is 3.74. The molecular formula is C15H24N4O. The molecule has 1 saturated heterocycles. The molecule has 2 aliphatic rings. The van der Waals surface area contributed by atoms with Crippen LogP contribution in [-0.4, -0.2) is 29.2 Å². The van der Waals surface area contributed by atoms with Gasteiger partial charge in [0.1, 0.15) is 12.0 Å². The highest BCUT2D eigenvalue weighted by Gasteiger charge is 2.35. The molecule has 0 aromatic carbocycles. The van der Waals surface area contributed by atoms with Crippen LogP contribution in [0.5, 0.6) is 5.88 Å². The maximum absolute atomic E-state index is 6.22. The summed E-state index contributed by atoms with van der Waals surface area (Å²) in [7, 11) is 0. The number of aromatic nitrogens is 2. The third-order valence-corrected chi connectivity index (χ3v) is 4.62. The van der Waals surface area contributed by atoms with Gasteiger partial charge in [-0.25, -0.2) is 4.98 Å². The topological polar surface area (TPSA) is 64.3 Å². The molecule has 0 amide bonds. The molecule has 5 heteroatoms. The standard InChI is InChI=1S/C15H24N4O/c1-2-20-15-13(16)14(17-10-18-15)19-9-5-8-12(19)11-6-3-4-7-11/h10-12H,2-9,16H2,1H3. The van der Waals surface area contributed by atoms with Crippen LogP contribution in [0.25, 0.3) is 0 Å². The lowest BCUT2D eigenvalue weighted by molar-refractivity contribution is 0.328. The third-order valence-electron chi connectivity index (χ3n) is 4.62. The second-order valence-electron chi connectivity index (χ2n) is 5.80. The Hall–Kier alpha value is -1.52. The predicted molar refractivity (Wildman–Crippen MR) is 79.9 cm³/mol. The average Bonchev–Trinajstić information content (AvgIpc) is 3.10. The maximum Gasteiger partial charge on any atom is 0.242 e. The van der Waals surface area contributed by atoms with E-state index in [9.17, 15) is 0 Å². The zero-order valence-electron chi connectivity index (χ0n) is 12.2. The molecule has 1 aliphatic carbocycles. The lowest BCUT2D eigenvalue weighted by atomic mass is 9.96. The highest BCUT2D eigenvalue weighted by Crippen LogP contribution is 2.39. The molecular weight excluding hydrogens is 252 g/mol. The van der Waals surface area contributed by atoms with Crippen molar-refractivity contribution in [2.24, 2.45) is 5.92 Å². The molecule has 2 N–H and O–H groups in total. The summed E-state index contributed by atoms with van der Waals surface area (Å²) in [4.78, 5) is 11.0. The SMILES string of the molecule is CCOc1ncnc(N2CCCC2C2CCCC2)c1N. The Labute approximate surface area is 120 Å². The minimum Gasteiger partial charge on any atom is -0.476 e. The molecule has 0 bridgehead atoms. The molecule has 1 saturated carbocycles. The molecule has 1 aromatic heterocycles. The van der Waals surface area contributed by atoms with Gasteiger partial charge in [0.2, 0.25) is 5.88 Å². The van der Waals surface area contributed by atoms with Crippen molar-refractivity contribution < 1.29 is 4.74 Å². The first kappa shape index (κ1) is 13.5. The van der Waals surface area contributed by atoms with E-state index in [0.717, 1.165) is 18.3 Å². The van der Waals surface area contributed by atoms with Crippen molar-refractivity contribution >= 4 is 11.5 Å². The minimum atomic E-state index is 0.523. The summed E-state index contributed by atoms with van der Waals surface area (Å²) in [6.07, 6.45) is 9.51. The molecule has 5 nitrogen and oxygen atoms in total. The number of nitrogens with two attached hydrogens (primary N) is 1. The van der Waals surface area contributed by atoms with Crippen LogP contribution in [0.4, 0.5) is 11.5 Å². The summed E-state index contributed by atoms with van der Waals surface area (Å²) in [5.74, 6) is 2.20. The first-order chi connectivity index (χ1) is 9.81. The van der Waals surface area contributed by atoms with Gasteiger partial charge < -0.3 is 15.4 Å². The van der Waals surface area contributed by atoms with Crippen LogP contribution in [0.3, 0.4) is 0 Å². The number of ether oxygens (including phenoxy) is 1. The summed E-state index contributed by atoms with van der Waals surface area (Å²) in [5, 5.41) is 0. The van der Waals surface area contributed by atoms with E-state index in [4.69, 9.17) is 10.5 Å². The Morgan fingerprint density at radius 3 is 2.80 bits per heavy atom. The second kappa shape index (κ2) is 5.85. The molecule has 0 spiro atoms. The normalized spacial score (nSPS) is 23.4. The molecule has 1 unspecified atom stereocenters. The van der Waals surface area contributed by atoms with Crippen molar-refractivity contribution in [2.45, 2.75) is 51.5 Å². The first-order valence-electron chi connectivity index (χ1n) is 7.81. The number of nitrogen functional groups attached to an aromatic ring is 1. The molecule has 2 heterocycles. The van der Waals surface area contributed by atoms with Crippen molar-refractivity contribution in [1.82, 2.24) is 9.97 Å². The third kappa shape index (κ3) is 2.41. The Balaban J connectivity index is 1.85. The maximum atomic E-state index is 6.22. The Morgan fingerprint density at radius 1 is 1.25 bits per heavy atom. The monoisotopic (exact) mass is 276 g/mol. The number of hydrogen-bond donors (Lipinski definition) is 1. The molecule has 2 fully saturated rings. The smallest absolute Gasteiger partial charge is 0.242 e.